The van der Waals surface area contributed by atoms with E-state index in [2.05, 4.69) is 9.63 Å². The Morgan fingerprint density at radius 2 is 1.62 bits per heavy atom. The van der Waals surface area contributed by atoms with Crippen molar-refractivity contribution in [3.8, 4) is 5.75 Å². The standard InChI is InChI=1S/C10H8N2O7S2/c13-9-4-1-6-5-7(20(14,15)16)2-3-8(6)10(9)11-12-21(17,18)19/h1-5,13H,(H,14,15,16)(H,17,18,19). The van der Waals surface area contributed by atoms with Gasteiger partial charge >= 0.3 is 10.3 Å². The summed E-state index contributed by atoms with van der Waals surface area (Å²) in [5.74, 6) is -0.422. The van der Waals surface area contributed by atoms with E-state index in [-0.39, 0.29) is 21.4 Å². The van der Waals surface area contributed by atoms with Crippen LogP contribution in [0.1, 0.15) is 0 Å². The predicted octanol–water partition coefficient (Wildman–Crippen LogP) is 1.68. The van der Waals surface area contributed by atoms with E-state index in [1.807, 2.05) is 0 Å². The highest BCUT2D eigenvalue weighted by Gasteiger charge is 2.13. The molecule has 0 heterocycles. The molecule has 21 heavy (non-hydrogen) atoms. The van der Waals surface area contributed by atoms with E-state index in [4.69, 9.17) is 9.11 Å². The molecule has 0 aliphatic rings. The van der Waals surface area contributed by atoms with Crippen LogP contribution < -0.4 is 0 Å². The average molecular weight is 332 g/mol. The molecule has 0 amide bonds. The molecule has 2 aromatic rings. The monoisotopic (exact) mass is 332 g/mol. The van der Waals surface area contributed by atoms with Crippen molar-refractivity contribution < 1.29 is 31.0 Å². The van der Waals surface area contributed by atoms with Gasteiger partial charge in [0.2, 0.25) is 0 Å². The third kappa shape index (κ3) is 3.52. The van der Waals surface area contributed by atoms with Crippen LogP contribution in [-0.2, 0) is 20.4 Å². The minimum absolute atomic E-state index is 0.176. The van der Waals surface area contributed by atoms with Crippen LogP contribution in [0.5, 0.6) is 5.75 Å². The Morgan fingerprint density at radius 1 is 0.952 bits per heavy atom. The number of phenolic OH excluding ortho intramolecular Hbond substituents is 1. The Kier molecular flexibility index (Phi) is 3.67. The molecule has 0 fully saturated rings. The van der Waals surface area contributed by atoms with E-state index in [1.54, 1.807) is 0 Å². The van der Waals surface area contributed by atoms with Gasteiger partial charge in [-0.1, -0.05) is 12.1 Å². The molecule has 0 saturated heterocycles. The second-order valence-electron chi connectivity index (χ2n) is 3.92. The molecular formula is C10H8N2O7S2. The smallest absolute Gasteiger partial charge is 0.396 e. The van der Waals surface area contributed by atoms with Gasteiger partial charge in [0, 0.05) is 5.39 Å². The fourth-order valence-corrected chi connectivity index (χ4v) is 2.34. The largest absolute Gasteiger partial charge is 0.506 e. The number of hydrogen-bond acceptors (Lipinski definition) is 6. The van der Waals surface area contributed by atoms with Crippen molar-refractivity contribution in [3.05, 3.63) is 30.3 Å². The molecule has 0 saturated carbocycles. The Labute approximate surface area is 119 Å². The predicted molar refractivity (Wildman–Crippen MR) is 71.5 cm³/mol. The van der Waals surface area contributed by atoms with E-state index in [0.717, 1.165) is 18.2 Å². The van der Waals surface area contributed by atoms with Crippen molar-refractivity contribution in [3.63, 3.8) is 0 Å². The van der Waals surface area contributed by atoms with Crippen molar-refractivity contribution in [1.82, 2.24) is 0 Å². The molecule has 0 aliphatic heterocycles. The lowest BCUT2D eigenvalue weighted by Gasteiger charge is -2.05. The molecule has 0 bridgehead atoms. The van der Waals surface area contributed by atoms with Crippen LogP contribution in [0, 0.1) is 0 Å². The van der Waals surface area contributed by atoms with E-state index in [1.165, 1.54) is 12.1 Å². The highest BCUT2D eigenvalue weighted by atomic mass is 32.2. The van der Waals surface area contributed by atoms with Gasteiger partial charge in [-0.25, -0.2) is 0 Å². The molecule has 3 N–H and O–H groups in total. The first-order chi connectivity index (χ1) is 9.58. The summed E-state index contributed by atoms with van der Waals surface area (Å²) in [6.07, 6.45) is 0. The lowest BCUT2D eigenvalue weighted by Crippen LogP contribution is -1.97. The SMILES string of the molecule is O=S(=O)(O)N=Nc1c(O)ccc2cc(S(=O)(=O)O)ccc12. The van der Waals surface area contributed by atoms with E-state index in [0.29, 0.717) is 0 Å². The fraction of sp³-hybridized carbons (Fsp3) is 0. The maximum absolute atomic E-state index is 11.0. The molecule has 112 valence electrons. The molecule has 0 aromatic heterocycles. The van der Waals surface area contributed by atoms with Crippen molar-refractivity contribution in [1.29, 1.82) is 0 Å². The number of nitrogens with zero attached hydrogens (tertiary/aromatic N) is 2. The summed E-state index contributed by atoms with van der Waals surface area (Å²) >= 11 is 0. The summed E-state index contributed by atoms with van der Waals surface area (Å²) in [5, 5.41) is 13.3. The summed E-state index contributed by atoms with van der Waals surface area (Å²) in [6.45, 7) is 0. The minimum Gasteiger partial charge on any atom is -0.506 e. The molecule has 2 aromatic carbocycles. The van der Waals surface area contributed by atoms with E-state index < -0.39 is 26.2 Å². The molecule has 2 rings (SSSR count). The number of hydrogen-bond donors (Lipinski definition) is 3. The highest BCUT2D eigenvalue weighted by molar-refractivity contribution is 7.85. The molecule has 0 radical (unpaired) electrons. The maximum Gasteiger partial charge on any atom is 0.396 e. The third-order valence-electron chi connectivity index (χ3n) is 2.48. The van der Waals surface area contributed by atoms with Gasteiger partial charge < -0.3 is 5.11 Å². The topological polar surface area (TPSA) is 154 Å². The summed E-state index contributed by atoms with van der Waals surface area (Å²) in [7, 11) is -9.13. The zero-order valence-corrected chi connectivity index (χ0v) is 11.7. The quantitative estimate of drug-likeness (QED) is 0.570. The lowest BCUT2D eigenvalue weighted by atomic mass is 10.1. The first-order valence-electron chi connectivity index (χ1n) is 5.21. The van der Waals surface area contributed by atoms with Crippen LogP contribution in [0.3, 0.4) is 0 Å². The number of phenols is 1. The Balaban J connectivity index is 2.72. The Morgan fingerprint density at radius 3 is 2.19 bits per heavy atom. The zero-order chi connectivity index (χ0) is 15.8. The van der Waals surface area contributed by atoms with Crippen molar-refractivity contribution in [2.45, 2.75) is 4.90 Å². The molecule has 0 unspecified atom stereocenters. The van der Waals surface area contributed by atoms with Gasteiger partial charge in [-0.3, -0.25) is 9.11 Å². The van der Waals surface area contributed by atoms with Crippen molar-refractivity contribution >= 4 is 36.9 Å². The van der Waals surface area contributed by atoms with Gasteiger partial charge in [0.15, 0.2) is 0 Å². The van der Waals surface area contributed by atoms with Crippen LogP contribution in [-0.4, -0.2) is 31.0 Å². The Bertz CT molecular complexity index is 949. The highest BCUT2D eigenvalue weighted by Crippen LogP contribution is 2.36. The number of fused-ring (bicyclic) bond motifs is 1. The fourth-order valence-electron chi connectivity index (χ4n) is 1.64. The maximum atomic E-state index is 11.0. The summed E-state index contributed by atoms with van der Waals surface area (Å²) in [6, 6.07) is 5.83. The van der Waals surface area contributed by atoms with E-state index >= 15 is 0 Å². The van der Waals surface area contributed by atoms with Gasteiger partial charge in [-0.15, -0.1) is 5.11 Å². The number of benzene rings is 2. The van der Waals surface area contributed by atoms with E-state index in [9.17, 15) is 21.9 Å². The second kappa shape index (κ2) is 5.04. The first-order valence-corrected chi connectivity index (χ1v) is 8.05. The van der Waals surface area contributed by atoms with Gasteiger partial charge in [0.1, 0.15) is 11.4 Å². The zero-order valence-electron chi connectivity index (χ0n) is 10.1. The first kappa shape index (κ1) is 15.3. The molecule has 11 heteroatoms. The minimum atomic E-state index is -4.73. The number of aromatic hydroxyl groups is 1. The van der Waals surface area contributed by atoms with Crippen LogP contribution in [0.4, 0.5) is 5.69 Å². The molecule has 0 aliphatic carbocycles. The molecule has 0 spiro atoms. The molecule has 9 nitrogen and oxygen atoms in total. The summed E-state index contributed by atoms with van der Waals surface area (Å²) < 4.78 is 63.2. The van der Waals surface area contributed by atoms with Crippen LogP contribution in [0.2, 0.25) is 0 Å². The van der Waals surface area contributed by atoms with Crippen molar-refractivity contribution in [2.75, 3.05) is 0 Å². The lowest BCUT2D eigenvalue weighted by molar-refractivity contribution is 0.475. The van der Waals surface area contributed by atoms with Gasteiger partial charge in [-0.2, -0.15) is 16.8 Å². The summed E-state index contributed by atoms with van der Waals surface area (Å²) in [5.41, 5.74) is -0.271. The van der Waals surface area contributed by atoms with Gasteiger partial charge in [-0.05, 0) is 28.1 Å². The van der Waals surface area contributed by atoms with Gasteiger partial charge in [0.05, 0.1) is 4.90 Å². The van der Waals surface area contributed by atoms with Crippen molar-refractivity contribution in [2.24, 2.45) is 9.63 Å². The molecular weight excluding hydrogens is 324 g/mol. The average Bonchev–Trinajstić information content (AvgIpc) is 2.34. The third-order valence-corrected chi connectivity index (χ3v) is 3.62. The number of rotatable bonds is 3. The Hall–Kier alpha value is -2.08. The normalized spacial score (nSPS) is 13.0. The molecule has 0 atom stereocenters. The summed E-state index contributed by atoms with van der Waals surface area (Å²) in [4.78, 5) is -0.377. The van der Waals surface area contributed by atoms with Crippen LogP contribution >= 0.6 is 0 Å². The second-order valence-corrected chi connectivity index (χ2v) is 6.40. The van der Waals surface area contributed by atoms with Crippen LogP contribution in [0.25, 0.3) is 10.8 Å². The van der Waals surface area contributed by atoms with Crippen LogP contribution in [0.15, 0.2) is 44.9 Å². The van der Waals surface area contributed by atoms with Gasteiger partial charge in [0.25, 0.3) is 10.1 Å².